The Hall–Kier alpha value is -0.720. The molecule has 0 saturated carbocycles. The maximum absolute atomic E-state index is 12.0. The largest absolute Gasteiger partial charge is 0.382 e. The van der Waals surface area contributed by atoms with Crippen molar-refractivity contribution in [3.63, 3.8) is 0 Å². The SMILES string of the molecule is CCCNS(=O)(=O)c1ccc(NC2CCSCC2)cc1. The average molecular weight is 314 g/mol. The van der Waals surface area contributed by atoms with Crippen molar-refractivity contribution < 1.29 is 8.42 Å². The molecule has 0 aliphatic carbocycles. The van der Waals surface area contributed by atoms with E-state index in [0.717, 1.165) is 12.1 Å². The summed E-state index contributed by atoms with van der Waals surface area (Å²) in [5.74, 6) is 2.40. The molecule has 1 aromatic rings. The second kappa shape index (κ2) is 7.33. The lowest BCUT2D eigenvalue weighted by molar-refractivity contribution is 0.581. The molecule has 6 heteroatoms. The van der Waals surface area contributed by atoms with E-state index in [4.69, 9.17) is 0 Å². The van der Waals surface area contributed by atoms with Crippen LogP contribution in [0.5, 0.6) is 0 Å². The minimum Gasteiger partial charge on any atom is -0.382 e. The molecule has 0 aromatic heterocycles. The lowest BCUT2D eigenvalue weighted by atomic mass is 10.1. The summed E-state index contributed by atoms with van der Waals surface area (Å²) in [6.07, 6.45) is 3.13. The zero-order valence-electron chi connectivity index (χ0n) is 11.8. The summed E-state index contributed by atoms with van der Waals surface area (Å²) in [6.45, 7) is 2.42. The van der Waals surface area contributed by atoms with E-state index >= 15 is 0 Å². The Bertz CT molecular complexity index is 508. The minimum absolute atomic E-state index is 0.329. The van der Waals surface area contributed by atoms with Crippen LogP contribution in [0.1, 0.15) is 26.2 Å². The topological polar surface area (TPSA) is 58.2 Å². The fourth-order valence-electron chi connectivity index (χ4n) is 2.13. The fraction of sp³-hybridized carbons (Fsp3) is 0.571. The molecule has 4 nitrogen and oxygen atoms in total. The third-order valence-corrected chi connectivity index (χ3v) is 5.82. The summed E-state index contributed by atoms with van der Waals surface area (Å²) in [5.41, 5.74) is 0.997. The van der Waals surface area contributed by atoms with Gasteiger partial charge < -0.3 is 5.32 Å². The highest BCUT2D eigenvalue weighted by molar-refractivity contribution is 7.99. The predicted molar refractivity (Wildman–Crippen MR) is 85.9 cm³/mol. The molecule has 1 aliphatic heterocycles. The Morgan fingerprint density at radius 2 is 1.85 bits per heavy atom. The van der Waals surface area contributed by atoms with E-state index in [2.05, 4.69) is 10.0 Å². The summed E-state index contributed by atoms with van der Waals surface area (Å²) in [5, 5.41) is 3.47. The molecule has 1 heterocycles. The Labute approximate surface area is 125 Å². The molecular weight excluding hydrogens is 292 g/mol. The monoisotopic (exact) mass is 314 g/mol. The van der Waals surface area contributed by atoms with Crippen LogP contribution in [0.25, 0.3) is 0 Å². The van der Waals surface area contributed by atoms with Crippen LogP contribution < -0.4 is 10.0 Å². The first-order valence-electron chi connectivity index (χ1n) is 7.06. The molecule has 0 radical (unpaired) electrons. The first-order valence-corrected chi connectivity index (χ1v) is 9.69. The zero-order valence-corrected chi connectivity index (χ0v) is 13.4. The number of sulfonamides is 1. The zero-order chi connectivity index (χ0) is 14.4. The van der Waals surface area contributed by atoms with E-state index in [1.54, 1.807) is 12.1 Å². The molecular formula is C14H22N2O2S2. The van der Waals surface area contributed by atoms with Crippen molar-refractivity contribution in [1.29, 1.82) is 0 Å². The summed E-state index contributed by atoms with van der Waals surface area (Å²) < 4.78 is 26.5. The van der Waals surface area contributed by atoms with Crippen molar-refractivity contribution in [1.82, 2.24) is 4.72 Å². The molecule has 1 aromatic carbocycles. The van der Waals surface area contributed by atoms with Crippen molar-refractivity contribution in [2.75, 3.05) is 23.4 Å². The highest BCUT2D eigenvalue weighted by atomic mass is 32.2. The third-order valence-electron chi connectivity index (χ3n) is 3.30. The van der Waals surface area contributed by atoms with Gasteiger partial charge in [0.25, 0.3) is 0 Å². The number of rotatable bonds is 6. The number of hydrogen-bond donors (Lipinski definition) is 2. The van der Waals surface area contributed by atoms with Crippen LogP contribution in [0.2, 0.25) is 0 Å². The van der Waals surface area contributed by atoms with Gasteiger partial charge in [0.05, 0.1) is 4.90 Å². The van der Waals surface area contributed by atoms with Crippen molar-refractivity contribution in [3.8, 4) is 0 Å². The maximum Gasteiger partial charge on any atom is 0.240 e. The number of hydrogen-bond acceptors (Lipinski definition) is 4. The van der Waals surface area contributed by atoms with Crippen LogP contribution >= 0.6 is 11.8 Å². The second-order valence-electron chi connectivity index (χ2n) is 4.95. The lowest BCUT2D eigenvalue weighted by Crippen LogP contribution is -2.25. The first kappa shape index (κ1) is 15.7. The van der Waals surface area contributed by atoms with Crippen LogP contribution in [0, 0.1) is 0 Å². The Morgan fingerprint density at radius 3 is 2.45 bits per heavy atom. The summed E-state index contributed by atoms with van der Waals surface area (Å²) in [6, 6.07) is 7.54. The van der Waals surface area contributed by atoms with Gasteiger partial charge in [-0.05, 0) is 55.0 Å². The normalized spacial score (nSPS) is 17.1. The second-order valence-corrected chi connectivity index (χ2v) is 7.94. The van der Waals surface area contributed by atoms with Gasteiger partial charge in [-0.3, -0.25) is 0 Å². The summed E-state index contributed by atoms with van der Waals surface area (Å²) in [4.78, 5) is 0.329. The molecule has 2 rings (SSSR count). The maximum atomic E-state index is 12.0. The van der Waals surface area contributed by atoms with Gasteiger partial charge in [0.2, 0.25) is 10.0 Å². The summed E-state index contributed by atoms with van der Waals surface area (Å²) >= 11 is 2.00. The van der Waals surface area contributed by atoms with E-state index in [9.17, 15) is 8.42 Å². The van der Waals surface area contributed by atoms with E-state index in [1.165, 1.54) is 24.3 Å². The van der Waals surface area contributed by atoms with Gasteiger partial charge in [-0.2, -0.15) is 11.8 Å². The number of benzene rings is 1. The minimum atomic E-state index is -3.35. The van der Waals surface area contributed by atoms with Crippen molar-refractivity contribution in [2.24, 2.45) is 0 Å². The molecule has 0 amide bonds. The number of thioether (sulfide) groups is 1. The quantitative estimate of drug-likeness (QED) is 0.847. The molecule has 112 valence electrons. The average Bonchev–Trinajstić information content (AvgIpc) is 2.47. The van der Waals surface area contributed by atoms with Gasteiger partial charge in [-0.1, -0.05) is 6.92 Å². The lowest BCUT2D eigenvalue weighted by Gasteiger charge is -2.23. The van der Waals surface area contributed by atoms with Crippen LogP contribution in [-0.2, 0) is 10.0 Å². The molecule has 0 bridgehead atoms. The van der Waals surface area contributed by atoms with Crippen molar-refractivity contribution >= 4 is 27.5 Å². The van der Waals surface area contributed by atoms with Crippen LogP contribution in [0.3, 0.4) is 0 Å². The first-order chi connectivity index (χ1) is 9.62. The van der Waals surface area contributed by atoms with E-state index < -0.39 is 10.0 Å². The van der Waals surface area contributed by atoms with Gasteiger partial charge >= 0.3 is 0 Å². The fourth-order valence-corrected chi connectivity index (χ4v) is 4.37. The molecule has 1 aliphatic rings. The molecule has 0 spiro atoms. The van der Waals surface area contributed by atoms with Crippen LogP contribution in [0.4, 0.5) is 5.69 Å². The smallest absolute Gasteiger partial charge is 0.240 e. The number of nitrogens with one attached hydrogen (secondary N) is 2. The van der Waals surface area contributed by atoms with Gasteiger partial charge in [-0.15, -0.1) is 0 Å². The Balaban J connectivity index is 1.98. The summed E-state index contributed by atoms with van der Waals surface area (Å²) in [7, 11) is -3.35. The van der Waals surface area contributed by atoms with Crippen LogP contribution in [-0.4, -0.2) is 32.5 Å². The van der Waals surface area contributed by atoms with Gasteiger partial charge in [-0.25, -0.2) is 13.1 Å². The molecule has 20 heavy (non-hydrogen) atoms. The van der Waals surface area contributed by atoms with E-state index in [-0.39, 0.29) is 0 Å². The molecule has 1 saturated heterocycles. The van der Waals surface area contributed by atoms with Crippen molar-refractivity contribution in [2.45, 2.75) is 37.1 Å². The van der Waals surface area contributed by atoms with E-state index in [0.29, 0.717) is 17.5 Å². The third kappa shape index (κ3) is 4.40. The molecule has 0 atom stereocenters. The highest BCUT2D eigenvalue weighted by Gasteiger charge is 2.15. The number of anilines is 1. The highest BCUT2D eigenvalue weighted by Crippen LogP contribution is 2.21. The molecule has 1 fully saturated rings. The van der Waals surface area contributed by atoms with Crippen molar-refractivity contribution in [3.05, 3.63) is 24.3 Å². The Kier molecular flexibility index (Phi) is 5.74. The van der Waals surface area contributed by atoms with Crippen LogP contribution in [0.15, 0.2) is 29.2 Å². The standard InChI is InChI=1S/C14H22N2O2S2/c1-2-9-15-20(17,18)14-5-3-12(4-6-14)16-13-7-10-19-11-8-13/h3-6,13,15-16H,2,7-11H2,1H3. The Morgan fingerprint density at radius 1 is 1.20 bits per heavy atom. The van der Waals surface area contributed by atoms with Gasteiger partial charge in [0, 0.05) is 18.3 Å². The van der Waals surface area contributed by atoms with E-state index in [1.807, 2.05) is 30.8 Å². The van der Waals surface area contributed by atoms with Gasteiger partial charge in [0.1, 0.15) is 0 Å². The predicted octanol–water partition coefficient (Wildman–Crippen LogP) is 2.68. The molecule has 2 N–H and O–H groups in total. The van der Waals surface area contributed by atoms with Gasteiger partial charge in [0.15, 0.2) is 0 Å². The molecule has 0 unspecified atom stereocenters.